The number of carbonyl (C=O) groups excluding carboxylic acids is 1. The Morgan fingerprint density at radius 1 is 0.977 bits per heavy atom. The number of imidazole rings is 1. The van der Waals surface area contributed by atoms with Crippen LogP contribution in [-0.4, -0.2) is 68.6 Å². The molecule has 1 aromatic heterocycles. The SMILES string of the molecule is CC(C)(C)N1C(=O)C[C@@H](c2ccc(C[C@H](N)c3nc4ccccc4[nH]3)cc2)S1(=O)=O.O=C(O)C(F)(F)F.O=C(O)C(F)(F)F. The minimum Gasteiger partial charge on any atom is -0.475 e. The quantitative estimate of drug-likeness (QED) is 0.295. The van der Waals surface area contributed by atoms with Crippen molar-refractivity contribution in [2.45, 2.75) is 62.8 Å². The number of aliphatic carboxylic acids is 2. The number of carbonyl (C=O) groups is 3. The summed E-state index contributed by atoms with van der Waals surface area (Å²) < 4.78 is 90.4. The number of nitrogens with two attached hydrogens (primary N) is 1. The minimum absolute atomic E-state index is 0.0303. The molecule has 3 aromatic rings. The molecule has 0 unspecified atom stereocenters. The highest BCUT2D eigenvalue weighted by atomic mass is 32.2. The van der Waals surface area contributed by atoms with Crippen molar-refractivity contribution >= 4 is 38.9 Å². The molecule has 242 valence electrons. The summed E-state index contributed by atoms with van der Waals surface area (Å²) in [4.78, 5) is 38.0. The number of carboxylic acid groups (broad SMARTS) is 2. The van der Waals surface area contributed by atoms with Gasteiger partial charge >= 0.3 is 24.3 Å². The third-order valence-electron chi connectivity index (χ3n) is 5.86. The van der Waals surface area contributed by atoms with Crippen LogP contribution >= 0.6 is 0 Å². The normalized spacial score (nSPS) is 17.3. The second kappa shape index (κ2) is 13.2. The van der Waals surface area contributed by atoms with Crippen molar-refractivity contribution in [3.63, 3.8) is 0 Å². The fourth-order valence-electron chi connectivity index (χ4n) is 4.03. The smallest absolute Gasteiger partial charge is 0.475 e. The van der Waals surface area contributed by atoms with Crippen molar-refractivity contribution in [3.05, 3.63) is 65.5 Å². The van der Waals surface area contributed by atoms with Crippen molar-refractivity contribution in [2.24, 2.45) is 5.73 Å². The van der Waals surface area contributed by atoms with Crippen LogP contribution in [0.2, 0.25) is 0 Å². The molecule has 1 fully saturated rings. The average Bonchev–Trinajstić information content (AvgIpc) is 3.41. The topological polar surface area (TPSA) is 184 Å². The summed E-state index contributed by atoms with van der Waals surface area (Å²) in [5, 5.41) is 13.4. The van der Waals surface area contributed by atoms with Gasteiger partial charge < -0.3 is 20.9 Å². The van der Waals surface area contributed by atoms with E-state index in [9.17, 15) is 39.6 Å². The number of nitrogens with one attached hydrogen (secondary N) is 1. The molecule has 2 atom stereocenters. The van der Waals surface area contributed by atoms with E-state index in [1.165, 1.54) is 0 Å². The highest BCUT2D eigenvalue weighted by Crippen LogP contribution is 2.40. The molecule has 0 radical (unpaired) electrons. The third-order valence-corrected chi connectivity index (χ3v) is 8.28. The number of alkyl halides is 6. The molecule has 2 aromatic carbocycles. The number of para-hydroxylation sites is 2. The van der Waals surface area contributed by atoms with Gasteiger partial charge in [0, 0.05) is 0 Å². The first-order chi connectivity index (χ1) is 20.0. The fourth-order valence-corrected chi connectivity index (χ4v) is 6.26. The van der Waals surface area contributed by atoms with Crippen LogP contribution < -0.4 is 5.73 Å². The zero-order valence-electron chi connectivity index (χ0n) is 23.3. The lowest BCUT2D eigenvalue weighted by molar-refractivity contribution is -0.193. The molecule has 1 saturated heterocycles. The number of aromatic amines is 1. The number of sulfonamides is 1. The number of carboxylic acids is 2. The van der Waals surface area contributed by atoms with E-state index in [0.29, 0.717) is 17.8 Å². The van der Waals surface area contributed by atoms with Gasteiger partial charge in [-0.2, -0.15) is 26.3 Å². The zero-order chi connectivity index (χ0) is 33.8. The molecule has 0 saturated carbocycles. The molecule has 2 heterocycles. The number of aromatic nitrogens is 2. The van der Waals surface area contributed by atoms with Crippen LogP contribution in [0.15, 0.2) is 48.5 Å². The predicted molar refractivity (Wildman–Crippen MR) is 143 cm³/mol. The molecule has 1 aliphatic heterocycles. The molecule has 1 amide bonds. The van der Waals surface area contributed by atoms with Gasteiger partial charge in [-0.05, 0) is 50.5 Å². The Balaban J connectivity index is 0.000000402. The van der Waals surface area contributed by atoms with Crippen LogP contribution in [-0.2, 0) is 30.8 Å². The Morgan fingerprint density at radius 3 is 1.86 bits per heavy atom. The fraction of sp³-hybridized carbons (Fsp3) is 0.385. The molecule has 0 bridgehead atoms. The number of fused-ring (bicyclic) bond motifs is 1. The summed E-state index contributed by atoms with van der Waals surface area (Å²) in [6.45, 7) is 5.19. The van der Waals surface area contributed by atoms with Gasteiger partial charge in [0.1, 0.15) is 11.1 Å². The lowest BCUT2D eigenvalue weighted by Gasteiger charge is -2.30. The van der Waals surface area contributed by atoms with E-state index in [2.05, 4.69) is 9.97 Å². The Labute approximate surface area is 246 Å². The highest BCUT2D eigenvalue weighted by Gasteiger charge is 2.49. The molecular weight excluding hydrogens is 626 g/mol. The molecule has 44 heavy (non-hydrogen) atoms. The number of benzene rings is 2. The van der Waals surface area contributed by atoms with E-state index in [4.69, 9.17) is 25.5 Å². The van der Waals surface area contributed by atoms with Crippen molar-refractivity contribution < 1.29 is 59.4 Å². The van der Waals surface area contributed by atoms with Gasteiger partial charge in [-0.3, -0.25) is 4.79 Å². The Morgan fingerprint density at radius 2 is 1.45 bits per heavy atom. The number of amides is 1. The van der Waals surface area contributed by atoms with E-state index >= 15 is 0 Å². The summed E-state index contributed by atoms with van der Waals surface area (Å²) in [7, 11) is -3.74. The summed E-state index contributed by atoms with van der Waals surface area (Å²) in [6, 6.07) is 14.8. The Bertz CT molecular complexity index is 1540. The monoisotopic (exact) mass is 654 g/mol. The first-order valence-corrected chi connectivity index (χ1v) is 13.9. The highest BCUT2D eigenvalue weighted by molar-refractivity contribution is 7.90. The second-order valence-corrected chi connectivity index (χ2v) is 12.3. The number of hydrogen-bond acceptors (Lipinski definition) is 7. The Kier molecular flexibility index (Phi) is 10.8. The van der Waals surface area contributed by atoms with Crippen molar-refractivity contribution in [1.29, 1.82) is 0 Å². The minimum atomic E-state index is -5.08. The van der Waals surface area contributed by atoms with E-state index < -0.39 is 45.1 Å². The first kappa shape index (κ1) is 36.0. The largest absolute Gasteiger partial charge is 0.490 e. The summed E-state index contributed by atoms with van der Waals surface area (Å²) in [5.74, 6) is -5.16. The van der Waals surface area contributed by atoms with Crippen LogP contribution in [0.1, 0.15) is 55.4 Å². The van der Waals surface area contributed by atoms with E-state index in [0.717, 1.165) is 20.9 Å². The van der Waals surface area contributed by atoms with Gasteiger partial charge in [0.2, 0.25) is 15.9 Å². The standard InChI is InChI=1S/C22H26N4O3S.2C2HF3O2/c1-22(2,3)26-20(27)13-19(30(26,28)29)15-10-8-14(9-11-15)12-16(23)21-24-17-6-4-5-7-18(17)25-21;2*3-2(4,5)1(6)7/h4-11,16,19H,12-13,23H2,1-3H3,(H,24,25);2*(H,6,7)/t16-,19-;;/m0../s1. The van der Waals surface area contributed by atoms with Gasteiger partial charge in [0.05, 0.1) is 29.0 Å². The predicted octanol–water partition coefficient (Wildman–Crippen LogP) is 4.47. The summed E-state index contributed by atoms with van der Waals surface area (Å²) in [5.41, 5.74) is 8.97. The van der Waals surface area contributed by atoms with Crippen LogP contribution in [0.4, 0.5) is 26.3 Å². The molecule has 1 aliphatic rings. The van der Waals surface area contributed by atoms with Crippen LogP contribution in [0.5, 0.6) is 0 Å². The molecular formula is C26H28F6N4O7S. The lowest BCUT2D eigenvalue weighted by Crippen LogP contribution is -2.45. The maximum absolute atomic E-state index is 13.0. The maximum atomic E-state index is 13.0. The van der Waals surface area contributed by atoms with Gasteiger partial charge in [-0.1, -0.05) is 36.4 Å². The molecule has 18 heteroatoms. The molecule has 0 aliphatic carbocycles. The van der Waals surface area contributed by atoms with Gasteiger partial charge in [-0.25, -0.2) is 27.3 Å². The van der Waals surface area contributed by atoms with E-state index in [-0.39, 0.29) is 18.4 Å². The van der Waals surface area contributed by atoms with Crippen molar-refractivity contribution in [3.8, 4) is 0 Å². The Hall–Kier alpha value is -4.19. The van der Waals surface area contributed by atoms with Crippen molar-refractivity contribution in [1.82, 2.24) is 14.3 Å². The van der Waals surface area contributed by atoms with E-state index in [1.807, 2.05) is 36.4 Å². The zero-order valence-corrected chi connectivity index (χ0v) is 24.1. The molecule has 0 spiro atoms. The van der Waals surface area contributed by atoms with Crippen LogP contribution in [0.3, 0.4) is 0 Å². The molecule has 5 N–H and O–H groups in total. The van der Waals surface area contributed by atoms with Crippen LogP contribution in [0.25, 0.3) is 11.0 Å². The number of hydrogen-bond donors (Lipinski definition) is 4. The maximum Gasteiger partial charge on any atom is 0.490 e. The third kappa shape index (κ3) is 9.15. The number of rotatable bonds is 4. The van der Waals surface area contributed by atoms with Crippen molar-refractivity contribution in [2.75, 3.05) is 0 Å². The summed E-state index contributed by atoms with van der Waals surface area (Å²) >= 11 is 0. The van der Waals surface area contributed by atoms with Gasteiger partial charge in [-0.15, -0.1) is 0 Å². The number of nitrogens with zero attached hydrogens (tertiary/aromatic N) is 2. The molecule has 11 nitrogen and oxygen atoms in total. The van der Waals surface area contributed by atoms with Gasteiger partial charge in [0.15, 0.2) is 0 Å². The van der Waals surface area contributed by atoms with Crippen LogP contribution in [0, 0.1) is 0 Å². The number of H-pyrrole nitrogens is 1. The number of halogens is 6. The van der Waals surface area contributed by atoms with E-state index in [1.54, 1.807) is 32.9 Å². The van der Waals surface area contributed by atoms with Gasteiger partial charge in [0.25, 0.3) is 0 Å². The second-order valence-electron chi connectivity index (χ2n) is 10.4. The molecule has 4 rings (SSSR count). The summed E-state index contributed by atoms with van der Waals surface area (Å²) in [6.07, 6.45) is -9.64. The first-order valence-electron chi connectivity index (χ1n) is 12.4. The average molecular weight is 655 g/mol. The lowest BCUT2D eigenvalue weighted by atomic mass is 10.0.